The molecule has 1 aliphatic carbocycles. The van der Waals surface area contributed by atoms with E-state index in [2.05, 4.69) is 15.6 Å². The van der Waals surface area contributed by atoms with Gasteiger partial charge in [-0.2, -0.15) is 13.2 Å². The minimum Gasteiger partial charge on any atom is -0.356 e. The maximum atomic E-state index is 13.8. The summed E-state index contributed by atoms with van der Waals surface area (Å²) in [6.45, 7) is -0.263. The lowest BCUT2D eigenvalue weighted by atomic mass is 10.1. The minimum atomic E-state index is -4.21. The summed E-state index contributed by atoms with van der Waals surface area (Å²) < 4.78 is 50.1. The molecule has 1 aromatic carbocycles. The molecular formula is C14H16ClF4N3. The molecule has 122 valence electrons. The van der Waals surface area contributed by atoms with Gasteiger partial charge in [-0.1, -0.05) is 17.7 Å². The van der Waals surface area contributed by atoms with Gasteiger partial charge in [0.25, 0.3) is 0 Å². The molecule has 22 heavy (non-hydrogen) atoms. The molecule has 0 heterocycles. The number of rotatable bonds is 4. The van der Waals surface area contributed by atoms with Crippen LogP contribution in [0.25, 0.3) is 0 Å². The van der Waals surface area contributed by atoms with Crippen LogP contribution in [0.5, 0.6) is 0 Å². The lowest BCUT2D eigenvalue weighted by Gasteiger charge is -2.13. The van der Waals surface area contributed by atoms with Gasteiger partial charge >= 0.3 is 6.18 Å². The van der Waals surface area contributed by atoms with Gasteiger partial charge in [-0.15, -0.1) is 0 Å². The maximum absolute atomic E-state index is 13.8. The van der Waals surface area contributed by atoms with Gasteiger partial charge in [-0.3, -0.25) is 4.99 Å². The minimum absolute atomic E-state index is 0.0912. The highest BCUT2D eigenvalue weighted by molar-refractivity contribution is 6.31. The van der Waals surface area contributed by atoms with Crippen molar-refractivity contribution in [2.75, 3.05) is 13.6 Å². The van der Waals surface area contributed by atoms with Crippen molar-refractivity contribution in [3.8, 4) is 0 Å². The molecular weight excluding hydrogens is 322 g/mol. The van der Waals surface area contributed by atoms with E-state index in [0.29, 0.717) is 17.0 Å². The van der Waals surface area contributed by atoms with Crippen LogP contribution in [0.1, 0.15) is 24.3 Å². The Labute approximate surface area is 130 Å². The van der Waals surface area contributed by atoms with E-state index in [1.807, 2.05) is 0 Å². The van der Waals surface area contributed by atoms with Crippen molar-refractivity contribution in [3.05, 3.63) is 34.6 Å². The fourth-order valence-electron chi connectivity index (χ4n) is 2.23. The topological polar surface area (TPSA) is 36.4 Å². The zero-order valence-corrected chi connectivity index (χ0v) is 12.6. The molecule has 2 rings (SSSR count). The van der Waals surface area contributed by atoms with E-state index in [9.17, 15) is 17.6 Å². The Bertz CT molecular complexity index is 539. The highest BCUT2D eigenvalue weighted by Crippen LogP contribution is 2.44. The summed E-state index contributed by atoms with van der Waals surface area (Å²) in [5.41, 5.74) is 0.437. The van der Waals surface area contributed by atoms with Crippen molar-refractivity contribution < 1.29 is 17.6 Å². The Morgan fingerprint density at radius 1 is 1.41 bits per heavy atom. The van der Waals surface area contributed by atoms with Crippen molar-refractivity contribution in [1.29, 1.82) is 0 Å². The third-order valence-electron chi connectivity index (χ3n) is 3.41. The van der Waals surface area contributed by atoms with Crippen LogP contribution in [0.2, 0.25) is 5.02 Å². The van der Waals surface area contributed by atoms with Crippen LogP contribution in [-0.2, 0) is 0 Å². The first-order valence-corrected chi connectivity index (χ1v) is 7.17. The van der Waals surface area contributed by atoms with Crippen LogP contribution >= 0.6 is 11.6 Å². The Morgan fingerprint density at radius 2 is 2.14 bits per heavy atom. The molecule has 1 saturated carbocycles. The molecule has 1 aromatic rings. The summed E-state index contributed by atoms with van der Waals surface area (Å²) >= 11 is 6.00. The first-order valence-electron chi connectivity index (χ1n) is 6.79. The first-order chi connectivity index (χ1) is 10.3. The van der Waals surface area contributed by atoms with Gasteiger partial charge in [0, 0.05) is 36.1 Å². The van der Waals surface area contributed by atoms with E-state index in [4.69, 9.17) is 11.6 Å². The second-order valence-electron chi connectivity index (χ2n) is 5.09. The number of hydrogen-bond acceptors (Lipinski definition) is 1. The quantitative estimate of drug-likeness (QED) is 0.501. The molecule has 2 atom stereocenters. The normalized spacial score (nSPS) is 21.6. The van der Waals surface area contributed by atoms with Gasteiger partial charge in [-0.25, -0.2) is 4.39 Å². The SMILES string of the molecule is CN=C(NCCC(F)(F)F)NC1CC1c1c(F)cccc1Cl. The molecule has 2 N–H and O–H groups in total. The molecule has 2 unspecified atom stereocenters. The number of halogens is 5. The second kappa shape index (κ2) is 6.73. The van der Waals surface area contributed by atoms with Crippen LogP contribution in [0, 0.1) is 5.82 Å². The molecule has 1 aliphatic rings. The van der Waals surface area contributed by atoms with E-state index in [-0.39, 0.29) is 30.3 Å². The predicted molar refractivity (Wildman–Crippen MR) is 77.7 cm³/mol. The summed E-state index contributed by atoms with van der Waals surface area (Å²) in [5.74, 6) is -0.208. The summed E-state index contributed by atoms with van der Waals surface area (Å²) in [6, 6.07) is 4.40. The van der Waals surface area contributed by atoms with Crippen molar-refractivity contribution in [2.24, 2.45) is 4.99 Å². The molecule has 0 spiro atoms. The van der Waals surface area contributed by atoms with Crippen LogP contribution in [0.15, 0.2) is 23.2 Å². The van der Waals surface area contributed by atoms with E-state index < -0.39 is 12.6 Å². The van der Waals surface area contributed by atoms with Gasteiger partial charge in [0.2, 0.25) is 0 Å². The Morgan fingerprint density at radius 3 is 2.73 bits per heavy atom. The predicted octanol–water partition coefficient (Wildman–Crippen LogP) is 3.45. The van der Waals surface area contributed by atoms with Crippen molar-refractivity contribution >= 4 is 17.6 Å². The number of alkyl halides is 3. The summed E-state index contributed by atoms with van der Waals surface area (Å²) in [7, 11) is 1.47. The standard InChI is InChI=1S/C14H16ClF4N3/c1-20-13(21-6-5-14(17,18)19)22-11-7-8(11)12-9(15)3-2-4-10(12)16/h2-4,8,11H,5-7H2,1H3,(H2,20,21,22). The fourth-order valence-corrected chi connectivity index (χ4v) is 2.53. The van der Waals surface area contributed by atoms with E-state index >= 15 is 0 Å². The number of nitrogens with zero attached hydrogens (tertiary/aromatic N) is 1. The average molecular weight is 338 g/mol. The second-order valence-corrected chi connectivity index (χ2v) is 5.50. The van der Waals surface area contributed by atoms with E-state index in [1.165, 1.54) is 19.2 Å². The lowest BCUT2D eigenvalue weighted by molar-refractivity contribution is -0.132. The number of hydrogen-bond donors (Lipinski definition) is 2. The van der Waals surface area contributed by atoms with Gasteiger partial charge in [0.1, 0.15) is 5.82 Å². The smallest absolute Gasteiger partial charge is 0.356 e. The molecule has 0 bridgehead atoms. The fraction of sp³-hybridized carbons (Fsp3) is 0.500. The number of guanidine groups is 1. The molecule has 1 fully saturated rings. The summed E-state index contributed by atoms with van der Waals surface area (Å²) in [5, 5.41) is 5.92. The molecule has 0 amide bonds. The monoisotopic (exact) mass is 337 g/mol. The molecule has 0 aromatic heterocycles. The van der Waals surface area contributed by atoms with E-state index in [0.717, 1.165) is 0 Å². The van der Waals surface area contributed by atoms with E-state index in [1.54, 1.807) is 6.07 Å². The van der Waals surface area contributed by atoms with Crippen LogP contribution in [-0.4, -0.2) is 31.8 Å². The largest absolute Gasteiger partial charge is 0.390 e. The van der Waals surface area contributed by atoms with Gasteiger partial charge in [0.15, 0.2) is 5.96 Å². The van der Waals surface area contributed by atoms with Gasteiger partial charge < -0.3 is 10.6 Å². The molecule has 0 saturated heterocycles. The zero-order valence-electron chi connectivity index (χ0n) is 11.8. The van der Waals surface area contributed by atoms with Crippen molar-refractivity contribution in [2.45, 2.75) is 31.0 Å². The van der Waals surface area contributed by atoms with Crippen molar-refractivity contribution in [1.82, 2.24) is 10.6 Å². The zero-order chi connectivity index (χ0) is 16.3. The average Bonchev–Trinajstić information content (AvgIpc) is 3.15. The Hall–Kier alpha value is -1.50. The molecule has 8 heteroatoms. The molecule has 0 aliphatic heterocycles. The Kier molecular flexibility index (Phi) is 5.16. The summed E-state index contributed by atoms with van der Waals surface area (Å²) in [4.78, 5) is 3.86. The Balaban J connectivity index is 1.87. The number of aliphatic imine (C=N–C) groups is 1. The third kappa shape index (κ3) is 4.50. The highest BCUT2D eigenvalue weighted by atomic mass is 35.5. The third-order valence-corrected chi connectivity index (χ3v) is 3.74. The molecule has 3 nitrogen and oxygen atoms in total. The van der Waals surface area contributed by atoms with Gasteiger partial charge in [0.05, 0.1) is 6.42 Å². The van der Waals surface area contributed by atoms with Gasteiger partial charge in [-0.05, 0) is 18.6 Å². The highest BCUT2D eigenvalue weighted by Gasteiger charge is 2.42. The van der Waals surface area contributed by atoms with Crippen LogP contribution < -0.4 is 10.6 Å². The summed E-state index contributed by atoms with van der Waals surface area (Å²) in [6.07, 6.45) is -4.50. The van der Waals surface area contributed by atoms with Crippen molar-refractivity contribution in [3.63, 3.8) is 0 Å². The lowest BCUT2D eigenvalue weighted by Crippen LogP contribution is -2.40. The van der Waals surface area contributed by atoms with Crippen LogP contribution in [0.3, 0.4) is 0 Å². The number of nitrogens with one attached hydrogen (secondary N) is 2. The number of benzene rings is 1. The van der Waals surface area contributed by atoms with Crippen LogP contribution in [0.4, 0.5) is 17.6 Å². The first kappa shape index (κ1) is 16.9. The maximum Gasteiger partial charge on any atom is 0.390 e. The molecule has 0 radical (unpaired) electrons.